The van der Waals surface area contributed by atoms with E-state index in [-0.39, 0.29) is 17.7 Å². The quantitative estimate of drug-likeness (QED) is 0.484. The van der Waals surface area contributed by atoms with Crippen molar-refractivity contribution in [3.05, 3.63) is 95.3 Å². The van der Waals surface area contributed by atoms with Gasteiger partial charge in [-0.2, -0.15) is 0 Å². The largest absolute Gasteiger partial charge is 0.454 e. The first-order valence-electron chi connectivity index (χ1n) is 10.7. The molecule has 4 nitrogen and oxygen atoms in total. The first-order valence-corrected chi connectivity index (χ1v) is 10.7. The van der Waals surface area contributed by atoms with Crippen LogP contribution in [0.25, 0.3) is 6.08 Å². The number of fused-ring (bicyclic) bond motifs is 1. The van der Waals surface area contributed by atoms with Gasteiger partial charge in [0.05, 0.1) is 17.4 Å². The predicted molar refractivity (Wildman–Crippen MR) is 117 cm³/mol. The molecular weight excluding hydrogens is 410 g/mol. The second kappa shape index (κ2) is 8.19. The number of rotatable bonds is 6. The van der Waals surface area contributed by atoms with Gasteiger partial charge >= 0.3 is 0 Å². The summed E-state index contributed by atoms with van der Waals surface area (Å²) in [5, 5.41) is 0. The number of amides is 1. The molecule has 162 valence electrons. The third-order valence-corrected chi connectivity index (χ3v) is 6.03. The summed E-state index contributed by atoms with van der Waals surface area (Å²) in [6, 6.07) is 14.0. The number of benzene rings is 2. The molecule has 2 aromatic carbocycles. The van der Waals surface area contributed by atoms with Crippen molar-refractivity contribution < 1.29 is 18.3 Å². The number of hydrogen-bond acceptors (Lipinski definition) is 3. The summed E-state index contributed by atoms with van der Waals surface area (Å²) in [5.41, 5.74) is 3.14. The van der Waals surface area contributed by atoms with Gasteiger partial charge in [0.1, 0.15) is 11.6 Å². The number of carbonyl (C=O) groups is 1. The molecule has 5 rings (SSSR count). The normalized spacial score (nSPS) is 16.4. The first kappa shape index (κ1) is 20.4. The van der Waals surface area contributed by atoms with Crippen LogP contribution in [0, 0.1) is 17.6 Å². The van der Waals surface area contributed by atoms with Crippen LogP contribution in [0.3, 0.4) is 0 Å². The zero-order valence-electron chi connectivity index (χ0n) is 17.4. The Labute approximate surface area is 185 Å². The topological polar surface area (TPSA) is 42.4 Å². The summed E-state index contributed by atoms with van der Waals surface area (Å²) in [6.45, 7) is 4.41. The molecule has 0 bridgehead atoms. The van der Waals surface area contributed by atoms with Crippen LogP contribution in [0.1, 0.15) is 46.2 Å². The van der Waals surface area contributed by atoms with Crippen molar-refractivity contribution in [2.75, 3.05) is 6.54 Å². The van der Waals surface area contributed by atoms with Crippen LogP contribution in [0.4, 0.5) is 8.78 Å². The number of ether oxygens (including phenoxy) is 1. The fraction of sp³-hybridized carbons (Fsp3) is 0.231. The van der Waals surface area contributed by atoms with Gasteiger partial charge in [0.2, 0.25) is 0 Å². The van der Waals surface area contributed by atoms with E-state index in [1.54, 1.807) is 18.2 Å². The maximum atomic E-state index is 14.0. The first-order chi connectivity index (χ1) is 15.5. The lowest BCUT2D eigenvalue weighted by molar-refractivity contribution is 0.0627. The van der Waals surface area contributed by atoms with E-state index in [2.05, 4.69) is 6.58 Å². The Kier molecular flexibility index (Phi) is 5.21. The van der Waals surface area contributed by atoms with Crippen molar-refractivity contribution in [2.24, 2.45) is 5.92 Å². The molecule has 1 amide bonds. The second-order valence-electron chi connectivity index (χ2n) is 8.22. The van der Waals surface area contributed by atoms with Gasteiger partial charge in [-0.15, -0.1) is 0 Å². The van der Waals surface area contributed by atoms with Crippen molar-refractivity contribution in [3.8, 4) is 11.5 Å². The van der Waals surface area contributed by atoms with Crippen LogP contribution in [0.5, 0.6) is 11.5 Å². The number of aromatic nitrogens is 1. The minimum Gasteiger partial charge on any atom is -0.454 e. The molecule has 0 radical (unpaired) electrons. The van der Waals surface area contributed by atoms with E-state index >= 15 is 0 Å². The fourth-order valence-corrected chi connectivity index (χ4v) is 4.30. The number of halogens is 2. The summed E-state index contributed by atoms with van der Waals surface area (Å²) in [7, 11) is 0. The molecule has 3 aromatic rings. The Morgan fingerprint density at radius 1 is 1.12 bits per heavy atom. The van der Waals surface area contributed by atoms with E-state index in [0.29, 0.717) is 23.8 Å². The van der Waals surface area contributed by atoms with E-state index in [1.165, 1.54) is 6.07 Å². The summed E-state index contributed by atoms with van der Waals surface area (Å²) >= 11 is 0. The van der Waals surface area contributed by atoms with Crippen molar-refractivity contribution in [1.29, 1.82) is 0 Å². The van der Waals surface area contributed by atoms with E-state index in [4.69, 9.17) is 9.72 Å². The Morgan fingerprint density at radius 3 is 2.72 bits per heavy atom. The van der Waals surface area contributed by atoms with Gasteiger partial charge in [0, 0.05) is 18.2 Å². The van der Waals surface area contributed by atoms with Crippen molar-refractivity contribution in [3.63, 3.8) is 0 Å². The zero-order valence-corrected chi connectivity index (χ0v) is 17.4. The molecule has 1 aliphatic carbocycles. The Balaban J connectivity index is 1.45. The Bertz CT molecular complexity index is 1210. The Morgan fingerprint density at radius 2 is 1.97 bits per heavy atom. The zero-order chi connectivity index (χ0) is 22.2. The molecule has 1 saturated carbocycles. The van der Waals surface area contributed by atoms with E-state index in [1.807, 2.05) is 29.2 Å². The molecule has 1 aromatic heterocycles. The van der Waals surface area contributed by atoms with Crippen LogP contribution >= 0.6 is 0 Å². The molecule has 1 aliphatic heterocycles. The van der Waals surface area contributed by atoms with E-state index < -0.39 is 11.6 Å². The van der Waals surface area contributed by atoms with Gasteiger partial charge < -0.3 is 9.64 Å². The second-order valence-corrected chi connectivity index (χ2v) is 8.22. The van der Waals surface area contributed by atoms with Gasteiger partial charge in [0.25, 0.3) is 5.91 Å². The number of hydrogen-bond donors (Lipinski definition) is 0. The maximum absolute atomic E-state index is 14.0. The van der Waals surface area contributed by atoms with E-state index in [9.17, 15) is 13.6 Å². The number of pyridine rings is 1. The molecule has 0 N–H and O–H groups in total. The van der Waals surface area contributed by atoms with E-state index in [0.717, 1.165) is 48.3 Å². The van der Waals surface area contributed by atoms with Crippen LogP contribution in [0.2, 0.25) is 0 Å². The maximum Gasteiger partial charge on any atom is 0.254 e. The lowest BCUT2D eigenvalue weighted by Gasteiger charge is -2.35. The van der Waals surface area contributed by atoms with Crippen molar-refractivity contribution in [2.45, 2.75) is 25.3 Å². The molecule has 2 aliphatic rings. The monoisotopic (exact) mass is 432 g/mol. The van der Waals surface area contributed by atoms with Gasteiger partial charge in [-0.3, -0.25) is 9.78 Å². The lowest BCUT2D eigenvalue weighted by atomic mass is 9.95. The van der Waals surface area contributed by atoms with Gasteiger partial charge in [-0.1, -0.05) is 18.7 Å². The molecule has 0 saturated heterocycles. The average molecular weight is 432 g/mol. The number of nitrogens with zero attached hydrogens (tertiary/aromatic N) is 2. The van der Waals surface area contributed by atoms with Crippen molar-refractivity contribution in [1.82, 2.24) is 9.88 Å². The third-order valence-electron chi connectivity index (χ3n) is 6.03. The van der Waals surface area contributed by atoms with Gasteiger partial charge in [-0.05, 0) is 73.2 Å². The lowest BCUT2D eigenvalue weighted by Crippen LogP contribution is -2.41. The minimum atomic E-state index is -0.794. The molecule has 0 spiro atoms. The fourth-order valence-electron chi connectivity index (χ4n) is 4.30. The van der Waals surface area contributed by atoms with Crippen LogP contribution in [-0.2, 0) is 6.42 Å². The average Bonchev–Trinajstić information content (AvgIpc) is 3.63. The summed E-state index contributed by atoms with van der Waals surface area (Å²) in [5.74, 6) is -0.921. The highest BCUT2D eigenvalue weighted by atomic mass is 19.1. The SMILES string of the molecule is C=Cc1cccc(C(C2CC2)N2CCc3ccc(Oc4ccc(F)cc4F)cc3C2=O)n1. The van der Waals surface area contributed by atoms with Gasteiger partial charge in [0.15, 0.2) is 11.6 Å². The molecule has 6 heteroatoms. The smallest absolute Gasteiger partial charge is 0.254 e. The third kappa shape index (κ3) is 3.88. The van der Waals surface area contributed by atoms with Gasteiger partial charge in [-0.25, -0.2) is 8.78 Å². The van der Waals surface area contributed by atoms with Crippen molar-refractivity contribution >= 4 is 12.0 Å². The molecule has 1 unspecified atom stereocenters. The molecule has 1 atom stereocenters. The molecule has 32 heavy (non-hydrogen) atoms. The minimum absolute atomic E-state index is 0.0843. The summed E-state index contributed by atoms with van der Waals surface area (Å²) in [4.78, 5) is 20.1. The summed E-state index contributed by atoms with van der Waals surface area (Å²) < 4.78 is 32.8. The number of carbonyl (C=O) groups excluding carboxylic acids is 1. The molecule has 2 heterocycles. The van der Waals surface area contributed by atoms with Crippen LogP contribution in [0.15, 0.2) is 61.2 Å². The standard InChI is InChI=1S/C26H22F2N2O2/c1-2-19-4-3-5-23(29-19)25(17-6-7-17)30-13-12-16-8-10-20(15-21(16)26(30)31)32-24-11-9-18(27)14-22(24)28/h2-5,8-11,14-15,17,25H,1,6-7,12-13H2. The summed E-state index contributed by atoms with van der Waals surface area (Å²) in [6.07, 6.45) is 4.55. The Hall–Kier alpha value is -3.54. The van der Waals surface area contributed by atoms with Crippen LogP contribution < -0.4 is 4.74 Å². The molecule has 1 fully saturated rings. The predicted octanol–water partition coefficient (Wildman–Crippen LogP) is 5.94. The van der Waals surface area contributed by atoms with Crippen LogP contribution in [-0.4, -0.2) is 22.3 Å². The highest BCUT2D eigenvalue weighted by Crippen LogP contribution is 2.45. The molecular formula is C26H22F2N2O2. The highest BCUT2D eigenvalue weighted by molar-refractivity contribution is 5.97. The highest BCUT2D eigenvalue weighted by Gasteiger charge is 2.41.